The number of oxime groups is 1. The Hall–Kier alpha value is -3.60. The number of rotatable bonds is 8. The molecule has 0 heterocycles. The smallest absolute Gasteiger partial charge is 0.344 e. The van der Waals surface area contributed by atoms with Gasteiger partial charge in [-0.1, -0.05) is 71.9 Å². The summed E-state index contributed by atoms with van der Waals surface area (Å²) in [4.78, 5) is 15.2. The highest BCUT2D eigenvalue weighted by atomic mass is 16.6. The number of ether oxygens (including phenoxy) is 1. The van der Waals surface area contributed by atoms with E-state index in [1.54, 1.807) is 6.92 Å². The maximum absolute atomic E-state index is 10.5. The first-order valence-corrected chi connectivity index (χ1v) is 8.88. The number of carboxylic acids is 1. The molecule has 0 fully saturated rings. The minimum atomic E-state index is -1.05. The summed E-state index contributed by atoms with van der Waals surface area (Å²) in [5.74, 6) is -0.244. The van der Waals surface area contributed by atoms with Gasteiger partial charge < -0.3 is 14.7 Å². The zero-order valence-corrected chi connectivity index (χ0v) is 15.5. The fraction of sp³-hybridized carbons (Fsp3) is 0.130. The predicted molar refractivity (Wildman–Crippen MR) is 108 cm³/mol. The molecule has 0 aliphatic carbocycles. The molecule has 0 unspecified atom stereocenters. The SMILES string of the molecule is CC(=NOCC(=O)O)c1ccc(-c2cccc(OCc3ccccc3)c2)cc1. The molecule has 0 aromatic heterocycles. The summed E-state index contributed by atoms with van der Waals surface area (Å²) in [6.07, 6.45) is 0. The van der Waals surface area contributed by atoms with Gasteiger partial charge in [-0.25, -0.2) is 4.79 Å². The molecule has 0 aliphatic rings. The molecule has 5 nitrogen and oxygen atoms in total. The van der Waals surface area contributed by atoms with Gasteiger partial charge in [-0.05, 0) is 41.3 Å². The van der Waals surface area contributed by atoms with Crippen molar-refractivity contribution in [3.63, 3.8) is 0 Å². The van der Waals surface area contributed by atoms with E-state index in [4.69, 9.17) is 14.7 Å². The van der Waals surface area contributed by atoms with Crippen LogP contribution in [0.1, 0.15) is 18.1 Å². The van der Waals surface area contributed by atoms with Crippen LogP contribution in [0.4, 0.5) is 0 Å². The lowest BCUT2D eigenvalue weighted by Crippen LogP contribution is -2.05. The first kappa shape index (κ1) is 19.2. The Bertz CT molecular complexity index is 950. The van der Waals surface area contributed by atoms with Gasteiger partial charge in [-0.3, -0.25) is 0 Å². The molecule has 0 spiro atoms. The summed E-state index contributed by atoms with van der Waals surface area (Å²) in [6, 6.07) is 25.8. The summed E-state index contributed by atoms with van der Waals surface area (Å²) < 4.78 is 5.90. The van der Waals surface area contributed by atoms with Gasteiger partial charge in [-0.2, -0.15) is 0 Å². The molecule has 0 saturated carbocycles. The van der Waals surface area contributed by atoms with E-state index in [1.807, 2.05) is 78.9 Å². The molecular formula is C23H21NO4. The number of benzene rings is 3. The Kier molecular flexibility index (Phi) is 6.41. The van der Waals surface area contributed by atoms with Gasteiger partial charge in [0.05, 0.1) is 5.71 Å². The Labute approximate surface area is 163 Å². The van der Waals surface area contributed by atoms with Crippen molar-refractivity contribution in [2.24, 2.45) is 5.16 Å². The van der Waals surface area contributed by atoms with Crippen LogP contribution in [0.15, 0.2) is 84.0 Å². The molecule has 0 aliphatic heterocycles. The second kappa shape index (κ2) is 9.37. The van der Waals surface area contributed by atoms with E-state index in [0.717, 1.165) is 28.0 Å². The average Bonchev–Trinajstić information content (AvgIpc) is 2.73. The van der Waals surface area contributed by atoms with Gasteiger partial charge in [0.1, 0.15) is 12.4 Å². The molecule has 142 valence electrons. The van der Waals surface area contributed by atoms with E-state index < -0.39 is 12.6 Å². The van der Waals surface area contributed by atoms with E-state index >= 15 is 0 Å². The topological polar surface area (TPSA) is 68.1 Å². The number of carbonyl (C=O) groups is 1. The largest absolute Gasteiger partial charge is 0.489 e. The van der Waals surface area contributed by atoms with Crippen molar-refractivity contribution in [1.29, 1.82) is 0 Å². The van der Waals surface area contributed by atoms with Crippen molar-refractivity contribution in [2.75, 3.05) is 6.61 Å². The molecule has 1 N–H and O–H groups in total. The van der Waals surface area contributed by atoms with Crippen LogP contribution in [0, 0.1) is 0 Å². The van der Waals surface area contributed by atoms with Gasteiger partial charge in [0.2, 0.25) is 6.61 Å². The van der Waals surface area contributed by atoms with Crippen molar-refractivity contribution in [3.05, 3.63) is 90.0 Å². The lowest BCUT2D eigenvalue weighted by atomic mass is 10.0. The van der Waals surface area contributed by atoms with Crippen molar-refractivity contribution in [3.8, 4) is 16.9 Å². The van der Waals surface area contributed by atoms with Crippen LogP contribution in [-0.2, 0) is 16.2 Å². The van der Waals surface area contributed by atoms with Gasteiger partial charge in [0, 0.05) is 0 Å². The summed E-state index contributed by atoms with van der Waals surface area (Å²) in [6.45, 7) is 1.84. The van der Waals surface area contributed by atoms with Crippen molar-refractivity contribution in [2.45, 2.75) is 13.5 Å². The Balaban J connectivity index is 1.67. The highest BCUT2D eigenvalue weighted by molar-refractivity contribution is 5.98. The van der Waals surface area contributed by atoms with Gasteiger partial charge in [0.25, 0.3) is 0 Å². The first-order valence-electron chi connectivity index (χ1n) is 8.88. The van der Waals surface area contributed by atoms with Crippen molar-refractivity contribution >= 4 is 11.7 Å². The molecule has 0 radical (unpaired) electrons. The number of hydrogen-bond acceptors (Lipinski definition) is 4. The van der Waals surface area contributed by atoms with E-state index in [0.29, 0.717) is 12.3 Å². The molecule has 0 saturated heterocycles. The molecule has 3 rings (SSSR count). The summed E-state index contributed by atoms with van der Waals surface area (Å²) in [5.41, 5.74) is 4.71. The zero-order chi connectivity index (χ0) is 19.8. The molecule has 0 amide bonds. The second-order valence-electron chi connectivity index (χ2n) is 6.22. The molecule has 28 heavy (non-hydrogen) atoms. The monoisotopic (exact) mass is 375 g/mol. The summed E-state index contributed by atoms with van der Waals surface area (Å²) in [7, 11) is 0. The fourth-order valence-electron chi connectivity index (χ4n) is 2.65. The number of nitrogens with zero attached hydrogens (tertiary/aromatic N) is 1. The number of hydrogen-bond donors (Lipinski definition) is 1. The van der Waals surface area contributed by atoms with Crippen LogP contribution >= 0.6 is 0 Å². The van der Waals surface area contributed by atoms with Crippen LogP contribution in [0.3, 0.4) is 0 Å². The van der Waals surface area contributed by atoms with E-state index in [1.165, 1.54) is 0 Å². The number of aliphatic carboxylic acids is 1. The highest BCUT2D eigenvalue weighted by Gasteiger charge is 2.04. The Morgan fingerprint density at radius 2 is 1.68 bits per heavy atom. The predicted octanol–water partition coefficient (Wildman–Crippen LogP) is 4.76. The normalized spacial score (nSPS) is 11.1. The van der Waals surface area contributed by atoms with Crippen LogP contribution < -0.4 is 4.74 Å². The van der Waals surface area contributed by atoms with E-state index in [2.05, 4.69) is 5.16 Å². The number of carboxylic acid groups (broad SMARTS) is 1. The lowest BCUT2D eigenvalue weighted by molar-refractivity contribution is -0.142. The van der Waals surface area contributed by atoms with Gasteiger partial charge >= 0.3 is 5.97 Å². The van der Waals surface area contributed by atoms with E-state index in [-0.39, 0.29) is 0 Å². The Morgan fingerprint density at radius 1 is 0.929 bits per heavy atom. The standard InChI is InChI=1S/C23H21NO4/c1-17(24-28-16-23(25)26)19-10-12-20(13-11-19)21-8-5-9-22(14-21)27-15-18-6-3-2-4-7-18/h2-14H,15-16H2,1H3,(H,25,26). The van der Waals surface area contributed by atoms with Crippen molar-refractivity contribution in [1.82, 2.24) is 0 Å². The van der Waals surface area contributed by atoms with Crippen molar-refractivity contribution < 1.29 is 19.5 Å². The maximum atomic E-state index is 10.5. The van der Waals surface area contributed by atoms with Crippen LogP contribution in [-0.4, -0.2) is 23.4 Å². The van der Waals surface area contributed by atoms with Crippen LogP contribution in [0.25, 0.3) is 11.1 Å². The van der Waals surface area contributed by atoms with Crippen LogP contribution in [0.5, 0.6) is 5.75 Å². The molecular weight excluding hydrogens is 354 g/mol. The minimum Gasteiger partial charge on any atom is -0.489 e. The maximum Gasteiger partial charge on any atom is 0.344 e. The third-order valence-corrected chi connectivity index (χ3v) is 4.11. The zero-order valence-electron chi connectivity index (χ0n) is 15.5. The highest BCUT2D eigenvalue weighted by Crippen LogP contribution is 2.25. The fourth-order valence-corrected chi connectivity index (χ4v) is 2.65. The van der Waals surface area contributed by atoms with Gasteiger partial charge in [-0.15, -0.1) is 0 Å². The second-order valence-corrected chi connectivity index (χ2v) is 6.22. The molecule has 3 aromatic rings. The minimum absolute atomic E-state index is 0.453. The molecule has 0 bridgehead atoms. The molecule has 5 heteroatoms. The summed E-state index contributed by atoms with van der Waals surface area (Å²) in [5, 5.41) is 12.4. The quantitative estimate of drug-likeness (QED) is 0.455. The van der Waals surface area contributed by atoms with Crippen LogP contribution in [0.2, 0.25) is 0 Å². The average molecular weight is 375 g/mol. The summed E-state index contributed by atoms with van der Waals surface area (Å²) >= 11 is 0. The Morgan fingerprint density at radius 3 is 2.39 bits per heavy atom. The molecule has 0 atom stereocenters. The third-order valence-electron chi connectivity index (χ3n) is 4.11. The van der Waals surface area contributed by atoms with Gasteiger partial charge in [0.15, 0.2) is 0 Å². The van der Waals surface area contributed by atoms with E-state index in [9.17, 15) is 4.79 Å². The first-order chi connectivity index (χ1) is 13.6. The molecule has 3 aromatic carbocycles. The third kappa shape index (κ3) is 5.45. The lowest BCUT2D eigenvalue weighted by Gasteiger charge is -2.09.